The first-order chi connectivity index (χ1) is 13.8. The van der Waals surface area contributed by atoms with E-state index < -0.39 is 5.41 Å². The van der Waals surface area contributed by atoms with Crippen molar-refractivity contribution in [2.75, 3.05) is 25.1 Å². The molecule has 1 N–H and O–H groups in total. The fourth-order valence-corrected chi connectivity index (χ4v) is 3.94. The molecule has 1 amide bonds. The second-order valence-corrected chi connectivity index (χ2v) is 8.27. The standard InChI is InChI=1S/C24H30FNO3/c1-16(2)15-29-22-17(3)13-19(14-18(22)4)26-23(27)24(9-11-28-12-10-24)20-7-5-6-8-21(20)25/h5-8,13-14,16H,9-12,15H2,1-4H3,(H,26,27). The maximum atomic E-state index is 14.6. The minimum atomic E-state index is -0.932. The van der Waals surface area contributed by atoms with Gasteiger partial charge in [-0.05, 0) is 61.9 Å². The third kappa shape index (κ3) is 4.61. The van der Waals surface area contributed by atoms with E-state index in [0.29, 0.717) is 49.8 Å². The number of anilines is 1. The zero-order valence-corrected chi connectivity index (χ0v) is 17.7. The summed E-state index contributed by atoms with van der Waals surface area (Å²) in [5.41, 5.74) is 2.13. The molecule has 4 nitrogen and oxygen atoms in total. The Morgan fingerprint density at radius 2 is 1.79 bits per heavy atom. The number of aryl methyl sites for hydroxylation is 2. The highest BCUT2D eigenvalue weighted by molar-refractivity contribution is 5.99. The van der Waals surface area contributed by atoms with Crippen LogP contribution in [0.2, 0.25) is 0 Å². The molecular formula is C24H30FNO3. The molecule has 156 valence electrons. The molecule has 0 atom stereocenters. The highest BCUT2D eigenvalue weighted by Crippen LogP contribution is 2.38. The van der Waals surface area contributed by atoms with E-state index in [2.05, 4.69) is 19.2 Å². The Labute approximate surface area is 172 Å². The highest BCUT2D eigenvalue weighted by atomic mass is 19.1. The Kier molecular flexibility index (Phi) is 6.58. The average Bonchev–Trinajstić information content (AvgIpc) is 2.68. The van der Waals surface area contributed by atoms with Crippen LogP contribution in [0.25, 0.3) is 0 Å². The average molecular weight is 400 g/mol. The van der Waals surface area contributed by atoms with Crippen LogP contribution in [0.4, 0.5) is 10.1 Å². The summed E-state index contributed by atoms with van der Waals surface area (Å²) in [5.74, 6) is 0.740. The van der Waals surface area contributed by atoms with E-state index in [0.717, 1.165) is 16.9 Å². The number of carbonyl (C=O) groups is 1. The van der Waals surface area contributed by atoms with Crippen LogP contribution >= 0.6 is 0 Å². The fraction of sp³-hybridized carbons (Fsp3) is 0.458. The summed E-state index contributed by atoms with van der Waals surface area (Å²) in [7, 11) is 0. The van der Waals surface area contributed by atoms with Gasteiger partial charge in [0.25, 0.3) is 0 Å². The van der Waals surface area contributed by atoms with Crippen LogP contribution in [0, 0.1) is 25.6 Å². The van der Waals surface area contributed by atoms with Gasteiger partial charge < -0.3 is 14.8 Å². The van der Waals surface area contributed by atoms with Crippen molar-refractivity contribution < 1.29 is 18.7 Å². The molecule has 29 heavy (non-hydrogen) atoms. The first-order valence-corrected chi connectivity index (χ1v) is 10.2. The van der Waals surface area contributed by atoms with E-state index in [-0.39, 0.29) is 11.7 Å². The lowest BCUT2D eigenvalue weighted by atomic mass is 9.73. The third-order valence-corrected chi connectivity index (χ3v) is 5.45. The molecule has 1 heterocycles. The van der Waals surface area contributed by atoms with Crippen molar-refractivity contribution in [1.29, 1.82) is 0 Å². The minimum Gasteiger partial charge on any atom is -0.493 e. The highest BCUT2D eigenvalue weighted by Gasteiger charge is 2.43. The minimum absolute atomic E-state index is 0.194. The number of amides is 1. The normalized spacial score (nSPS) is 15.9. The molecule has 0 bridgehead atoms. The fourth-order valence-electron chi connectivity index (χ4n) is 3.94. The van der Waals surface area contributed by atoms with Crippen LogP contribution in [0.15, 0.2) is 36.4 Å². The number of hydrogen-bond donors (Lipinski definition) is 1. The van der Waals surface area contributed by atoms with Gasteiger partial charge in [0, 0.05) is 24.5 Å². The molecule has 0 unspecified atom stereocenters. The lowest BCUT2D eigenvalue weighted by molar-refractivity contribution is -0.125. The van der Waals surface area contributed by atoms with Crippen LogP contribution in [-0.2, 0) is 14.9 Å². The largest absolute Gasteiger partial charge is 0.493 e. The van der Waals surface area contributed by atoms with E-state index in [1.54, 1.807) is 18.2 Å². The molecule has 0 aromatic heterocycles. The van der Waals surface area contributed by atoms with Crippen LogP contribution in [0.5, 0.6) is 5.75 Å². The van der Waals surface area contributed by atoms with Crippen LogP contribution in [-0.4, -0.2) is 25.7 Å². The van der Waals surface area contributed by atoms with Gasteiger partial charge in [-0.25, -0.2) is 4.39 Å². The van der Waals surface area contributed by atoms with Crippen molar-refractivity contribution in [2.45, 2.75) is 46.0 Å². The number of nitrogens with one attached hydrogen (secondary N) is 1. The molecule has 1 aliphatic heterocycles. The molecule has 0 radical (unpaired) electrons. The van der Waals surface area contributed by atoms with E-state index >= 15 is 0 Å². The van der Waals surface area contributed by atoms with Gasteiger partial charge in [0.05, 0.1) is 12.0 Å². The molecule has 3 rings (SSSR count). The maximum absolute atomic E-state index is 14.6. The van der Waals surface area contributed by atoms with E-state index in [1.165, 1.54) is 6.07 Å². The van der Waals surface area contributed by atoms with Gasteiger partial charge in [-0.1, -0.05) is 32.0 Å². The molecule has 0 aliphatic carbocycles. The number of ether oxygens (including phenoxy) is 2. The second kappa shape index (κ2) is 8.95. The summed E-state index contributed by atoms with van der Waals surface area (Å²) < 4.78 is 26.0. The van der Waals surface area contributed by atoms with Crippen molar-refractivity contribution in [3.05, 3.63) is 58.9 Å². The van der Waals surface area contributed by atoms with Gasteiger partial charge in [0.1, 0.15) is 11.6 Å². The van der Waals surface area contributed by atoms with E-state index in [4.69, 9.17) is 9.47 Å². The summed E-state index contributed by atoms with van der Waals surface area (Å²) in [6, 6.07) is 10.4. The molecule has 5 heteroatoms. The molecular weight excluding hydrogens is 369 g/mol. The van der Waals surface area contributed by atoms with E-state index in [1.807, 2.05) is 26.0 Å². The molecule has 2 aromatic carbocycles. The second-order valence-electron chi connectivity index (χ2n) is 8.27. The zero-order valence-electron chi connectivity index (χ0n) is 17.7. The first kappa shape index (κ1) is 21.3. The monoisotopic (exact) mass is 399 g/mol. The van der Waals surface area contributed by atoms with Crippen molar-refractivity contribution in [1.82, 2.24) is 0 Å². The lowest BCUT2D eigenvalue weighted by Gasteiger charge is -2.36. The lowest BCUT2D eigenvalue weighted by Crippen LogP contribution is -2.45. The topological polar surface area (TPSA) is 47.6 Å². The van der Waals surface area contributed by atoms with Crippen molar-refractivity contribution in [2.24, 2.45) is 5.92 Å². The molecule has 1 saturated heterocycles. The zero-order chi connectivity index (χ0) is 21.0. The van der Waals surface area contributed by atoms with Crippen molar-refractivity contribution in [3.63, 3.8) is 0 Å². The van der Waals surface area contributed by atoms with Crippen LogP contribution in [0.3, 0.4) is 0 Å². The summed E-state index contributed by atoms with van der Waals surface area (Å²) >= 11 is 0. The van der Waals surface area contributed by atoms with Crippen molar-refractivity contribution in [3.8, 4) is 5.75 Å². The molecule has 2 aromatic rings. The Bertz CT molecular complexity index is 849. The van der Waals surface area contributed by atoms with Gasteiger partial charge in [0.2, 0.25) is 5.91 Å². The number of benzene rings is 2. The Balaban J connectivity index is 1.88. The Hall–Kier alpha value is -2.40. The Morgan fingerprint density at radius 1 is 1.17 bits per heavy atom. The van der Waals surface area contributed by atoms with Gasteiger partial charge >= 0.3 is 0 Å². The number of hydrogen-bond acceptors (Lipinski definition) is 3. The smallest absolute Gasteiger partial charge is 0.235 e. The predicted molar refractivity (Wildman–Crippen MR) is 113 cm³/mol. The summed E-state index contributed by atoms with van der Waals surface area (Å²) in [4.78, 5) is 13.4. The van der Waals surface area contributed by atoms with Gasteiger partial charge in [-0.3, -0.25) is 4.79 Å². The maximum Gasteiger partial charge on any atom is 0.235 e. The summed E-state index contributed by atoms with van der Waals surface area (Å²) in [5, 5.41) is 3.04. The predicted octanol–water partition coefficient (Wildman–Crippen LogP) is 5.16. The molecule has 1 fully saturated rings. The Morgan fingerprint density at radius 3 is 2.38 bits per heavy atom. The van der Waals surface area contributed by atoms with Gasteiger partial charge in [-0.15, -0.1) is 0 Å². The van der Waals surface area contributed by atoms with Crippen molar-refractivity contribution >= 4 is 11.6 Å². The molecule has 1 aliphatic rings. The van der Waals surface area contributed by atoms with Crippen LogP contribution in [0.1, 0.15) is 43.4 Å². The number of halogens is 1. The summed E-state index contributed by atoms with van der Waals surface area (Å²) in [6.07, 6.45) is 0.903. The summed E-state index contributed by atoms with van der Waals surface area (Å²) in [6.45, 7) is 9.66. The molecule has 0 saturated carbocycles. The quantitative estimate of drug-likeness (QED) is 0.729. The first-order valence-electron chi connectivity index (χ1n) is 10.2. The van der Waals surface area contributed by atoms with Crippen LogP contribution < -0.4 is 10.1 Å². The van der Waals surface area contributed by atoms with E-state index in [9.17, 15) is 9.18 Å². The molecule has 0 spiro atoms. The third-order valence-electron chi connectivity index (χ3n) is 5.45. The number of carbonyl (C=O) groups excluding carboxylic acids is 1. The van der Waals surface area contributed by atoms with Gasteiger partial charge in [0.15, 0.2) is 0 Å². The number of rotatable bonds is 6. The van der Waals surface area contributed by atoms with Gasteiger partial charge in [-0.2, -0.15) is 0 Å². The SMILES string of the molecule is Cc1cc(NC(=O)C2(c3ccccc3F)CCOCC2)cc(C)c1OCC(C)C.